The van der Waals surface area contributed by atoms with E-state index < -0.39 is 0 Å². The molecule has 4 nitrogen and oxygen atoms in total. The van der Waals surface area contributed by atoms with Crippen LogP contribution in [0.2, 0.25) is 0 Å². The van der Waals surface area contributed by atoms with E-state index in [1.54, 1.807) is 0 Å². The van der Waals surface area contributed by atoms with Gasteiger partial charge < -0.3 is 4.74 Å². The van der Waals surface area contributed by atoms with E-state index in [1.165, 1.54) is 31.4 Å². The van der Waals surface area contributed by atoms with Crippen molar-refractivity contribution in [3.63, 3.8) is 0 Å². The predicted molar refractivity (Wildman–Crippen MR) is 86.5 cm³/mol. The van der Waals surface area contributed by atoms with E-state index in [4.69, 9.17) is 10.00 Å². The van der Waals surface area contributed by atoms with Crippen molar-refractivity contribution < 1.29 is 4.74 Å². The molecule has 0 amide bonds. The molecule has 0 saturated carbocycles. The number of ether oxygens (including phenoxy) is 1. The minimum Gasteiger partial charge on any atom is -0.377 e. The van der Waals surface area contributed by atoms with Crippen LogP contribution < -0.4 is 0 Å². The summed E-state index contributed by atoms with van der Waals surface area (Å²) in [6.45, 7) is 7.52. The third kappa shape index (κ3) is 4.30. The van der Waals surface area contributed by atoms with E-state index in [0.717, 1.165) is 44.9 Å². The first kappa shape index (κ1) is 15.5. The Hall–Kier alpha value is -1.41. The van der Waals surface area contributed by atoms with Crippen molar-refractivity contribution in [2.45, 2.75) is 31.9 Å². The van der Waals surface area contributed by atoms with Crippen molar-refractivity contribution in [1.29, 1.82) is 5.26 Å². The van der Waals surface area contributed by atoms with E-state index in [-0.39, 0.29) is 0 Å². The van der Waals surface area contributed by atoms with Gasteiger partial charge >= 0.3 is 0 Å². The summed E-state index contributed by atoms with van der Waals surface area (Å²) in [4.78, 5) is 5.06. The quantitative estimate of drug-likeness (QED) is 0.855. The van der Waals surface area contributed by atoms with Crippen LogP contribution in [0, 0.1) is 11.3 Å². The normalized spacial score (nSPS) is 24.0. The zero-order valence-electron chi connectivity index (χ0n) is 13.2. The number of nitrogens with zero attached hydrogens (tertiary/aromatic N) is 3. The van der Waals surface area contributed by atoms with Crippen molar-refractivity contribution in [3.05, 3.63) is 35.4 Å². The van der Waals surface area contributed by atoms with Gasteiger partial charge in [0.05, 0.1) is 17.7 Å². The summed E-state index contributed by atoms with van der Waals surface area (Å²) >= 11 is 0. The van der Waals surface area contributed by atoms with Gasteiger partial charge in [0.1, 0.15) is 0 Å². The third-order valence-electron chi connectivity index (χ3n) is 4.63. The molecule has 2 fully saturated rings. The molecule has 2 aliphatic rings. The Bertz CT molecular complexity index is 519. The lowest BCUT2D eigenvalue weighted by molar-refractivity contribution is 0.0742. The fraction of sp³-hybridized carbons (Fsp3) is 0.611. The second kappa shape index (κ2) is 7.73. The Morgan fingerprint density at radius 1 is 1.14 bits per heavy atom. The van der Waals surface area contributed by atoms with Crippen molar-refractivity contribution in [2.75, 3.05) is 39.3 Å². The van der Waals surface area contributed by atoms with Gasteiger partial charge in [-0.15, -0.1) is 0 Å². The van der Waals surface area contributed by atoms with Gasteiger partial charge in [-0.3, -0.25) is 9.80 Å². The van der Waals surface area contributed by atoms with Crippen molar-refractivity contribution >= 4 is 0 Å². The standard InChI is InChI=1S/C18H25N3O/c19-13-16-4-1-5-17(12-16)14-20-7-3-8-21(10-9-20)15-18-6-2-11-22-18/h1,4-5,12,18H,2-3,6-11,14-15H2. The largest absolute Gasteiger partial charge is 0.377 e. The van der Waals surface area contributed by atoms with Gasteiger partial charge in [0.2, 0.25) is 0 Å². The molecule has 4 heteroatoms. The van der Waals surface area contributed by atoms with Gasteiger partial charge in [0.15, 0.2) is 0 Å². The highest BCUT2D eigenvalue weighted by molar-refractivity contribution is 5.32. The van der Waals surface area contributed by atoms with Crippen LogP contribution >= 0.6 is 0 Å². The van der Waals surface area contributed by atoms with Crippen molar-refractivity contribution in [2.24, 2.45) is 0 Å². The number of nitriles is 1. The maximum Gasteiger partial charge on any atom is 0.0991 e. The second-order valence-electron chi connectivity index (χ2n) is 6.38. The molecule has 0 spiro atoms. The lowest BCUT2D eigenvalue weighted by Crippen LogP contribution is -2.35. The van der Waals surface area contributed by atoms with E-state index in [0.29, 0.717) is 6.10 Å². The first-order valence-corrected chi connectivity index (χ1v) is 8.39. The summed E-state index contributed by atoms with van der Waals surface area (Å²) in [5.41, 5.74) is 2.00. The minimum absolute atomic E-state index is 0.457. The Morgan fingerprint density at radius 2 is 2.00 bits per heavy atom. The summed E-state index contributed by atoms with van der Waals surface area (Å²) in [6.07, 6.45) is 4.12. The van der Waals surface area contributed by atoms with Gasteiger partial charge in [0.25, 0.3) is 0 Å². The van der Waals surface area contributed by atoms with Gasteiger partial charge in [-0.1, -0.05) is 12.1 Å². The number of hydrogen-bond acceptors (Lipinski definition) is 4. The average Bonchev–Trinajstić information content (AvgIpc) is 2.95. The maximum absolute atomic E-state index is 9.00. The first-order valence-electron chi connectivity index (χ1n) is 8.39. The molecular weight excluding hydrogens is 274 g/mol. The van der Waals surface area contributed by atoms with Crippen LogP contribution in [0.3, 0.4) is 0 Å². The van der Waals surface area contributed by atoms with Gasteiger partial charge in [-0.2, -0.15) is 5.26 Å². The number of rotatable bonds is 4. The van der Waals surface area contributed by atoms with Crippen LogP contribution in [-0.2, 0) is 11.3 Å². The molecule has 3 rings (SSSR count). The summed E-state index contributed by atoms with van der Waals surface area (Å²) < 4.78 is 5.76. The van der Waals surface area contributed by atoms with Crippen molar-refractivity contribution in [3.8, 4) is 6.07 Å². The molecule has 1 aromatic carbocycles. The average molecular weight is 299 g/mol. The van der Waals surface area contributed by atoms with Crippen molar-refractivity contribution in [1.82, 2.24) is 9.80 Å². The zero-order valence-corrected chi connectivity index (χ0v) is 13.2. The molecule has 0 aromatic heterocycles. The van der Waals surface area contributed by atoms with Gasteiger partial charge in [-0.25, -0.2) is 0 Å². The van der Waals surface area contributed by atoms with Crippen LogP contribution in [-0.4, -0.2) is 55.2 Å². The molecular formula is C18H25N3O. The summed E-state index contributed by atoms with van der Waals surface area (Å²) in [7, 11) is 0. The molecule has 1 unspecified atom stereocenters. The van der Waals surface area contributed by atoms with Gasteiger partial charge in [0, 0.05) is 32.8 Å². The van der Waals surface area contributed by atoms with Crippen LogP contribution in [0.1, 0.15) is 30.4 Å². The Labute approximate surface area is 133 Å². The summed E-state index contributed by atoms with van der Waals surface area (Å²) in [5.74, 6) is 0. The fourth-order valence-electron chi connectivity index (χ4n) is 3.44. The molecule has 22 heavy (non-hydrogen) atoms. The molecule has 0 aliphatic carbocycles. The highest BCUT2D eigenvalue weighted by Crippen LogP contribution is 2.15. The molecule has 2 saturated heterocycles. The van der Waals surface area contributed by atoms with E-state index in [9.17, 15) is 0 Å². The third-order valence-corrected chi connectivity index (χ3v) is 4.63. The molecule has 0 N–H and O–H groups in total. The summed E-state index contributed by atoms with van der Waals surface area (Å²) in [5, 5.41) is 9.00. The number of hydrogen-bond donors (Lipinski definition) is 0. The molecule has 2 heterocycles. The minimum atomic E-state index is 0.457. The lowest BCUT2D eigenvalue weighted by Gasteiger charge is -2.24. The smallest absolute Gasteiger partial charge is 0.0991 e. The molecule has 0 bridgehead atoms. The fourth-order valence-corrected chi connectivity index (χ4v) is 3.44. The highest BCUT2D eigenvalue weighted by Gasteiger charge is 2.21. The molecule has 0 radical (unpaired) electrons. The SMILES string of the molecule is N#Cc1cccc(CN2CCCN(CC3CCCO3)CC2)c1. The van der Waals surface area contributed by atoms with E-state index in [2.05, 4.69) is 21.9 Å². The Balaban J connectivity index is 1.50. The second-order valence-corrected chi connectivity index (χ2v) is 6.38. The molecule has 118 valence electrons. The van der Waals surface area contributed by atoms with Crippen LogP contribution in [0.4, 0.5) is 0 Å². The monoisotopic (exact) mass is 299 g/mol. The Kier molecular flexibility index (Phi) is 5.44. The van der Waals surface area contributed by atoms with E-state index >= 15 is 0 Å². The van der Waals surface area contributed by atoms with Crippen LogP contribution in [0.5, 0.6) is 0 Å². The lowest BCUT2D eigenvalue weighted by atomic mass is 10.1. The molecule has 2 aliphatic heterocycles. The highest BCUT2D eigenvalue weighted by atomic mass is 16.5. The summed E-state index contributed by atoms with van der Waals surface area (Å²) in [6, 6.07) is 10.2. The Morgan fingerprint density at radius 3 is 2.82 bits per heavy atom. The molecule has 1 atom stereocenters. The van der Waals surface area contributed by atoms with Crippen LogP contribution in [0.25, 0.3) is 0 Å². The van der Waals surface area contributed by atoms with Crippen LogP contribution in [0.15, 0.2) is 24.3 Å². The molecule has 1 aromatic rings. The zero-order chi connectivity index (χ0) is 15.2. The predicted octanol–water partition coefficient (Wildman–Crippen LogP) is 2.24. The topological polar surface area (TPSA) is 39.5 Å². The van der Waals surface area contributed by atoms with E-state index in [1.807, 2.05) is 18.2 Å². The van der Waals surface area contributed by atoms with Gasteiger partial charge in [-0.05, 0) is 50.0 Å². The first-order chi connectivity index (χ1) is 10.8. The maximum atomic E-state index is 9.00. The number of benzene rings is 1.